The van der Waals surface area contributed by atoms with Gasteiger partial charge in [-0.15, -0.1) is 0 Å². The zero-order valence-electron chi connectivity index (χ0n) is 11.2. The summed E-state index contributed by atoms with van der Waals surface area (Å²) in [6, 6.07) is 7.92. The third-order valence-corrected chi connectivity index (χ3v) is 3.67. The SMILES string of the molecule is Cc1cccc(C(=O)NC(=S)NC2CCCCC2)c1. The highest BCUT2D eigenvalue weighted by molar-refractivity contribution is 7.80. The summed E-state index contributed by atoms with van der Waals surface area (Å²) >= 11 is 5.20. The molecular formula is C15H20N2OS. The van der Waals surface area contributed by atoms with Crippen LogP contribution in [0.15, 0.2) is 24.3 Å². The number of hydrogen-bond donors (Lipinski definition) is 2. The van der Waals surface area contributed by atoms with Crippen LogP contribution in [0.25, 0.3) is 0 Å². The van der Waals surface area contributed by atoms with Crippen molar-refractivity contribution in [3.63, 3.8) is 0 Å². The van der Waals surface area contributed by atoms with Crippen LogP contribution in [0.1, 0.15) is 48.0 Å². The van der Waals surface area contributed by atoms with Gasteiger partial charge in [-0.25, -0.2) is 0 Å². The van der Waals surface area contributed by atoms with Gasteiger partial charge in [-0.3, -0.25) is 10.1 Å². The Labute approximate surface area is 119 Å². The van der Waals surface area contributed by atoms with Crippen LogP contribution in [0.2, 0.25) is 0 Å². The normalized spacial score (nSPS) is 15.8. The molecule has 0 saturated heterocycles. The molecule has 1 aromatic carbocycles. The van der Waals surface area contributed by atoms with Crippen molar-refractivity contribution in [3.8, 4) is 0 Å². The van der Waals surface area contributed by atoms with Gasteiger partial charge in [-0.1, -0.05) is 37.0 Å². The van der Waals surface area contributed by atoms with Gasteiger partial charge in [-0.05, 0) is 44.1 Å². The lowest BCUT2D eigenvalue weighted by Gasteiger charge is -2.24. The fourth-order valence-electron chi connectivity index (χ4n) is 2.43. The van der Waals surface area contributed by atoms with Crippen molar-refractivity contribution < 1.29 is 4.79 Å². The van der Waals surface area contributed by atoms with Crippen LogP contribution in [-0.2, 0) is 0 Å². The number of carbonyl (C=O) groups excluding carboxylic acids is 1. The summed E-state index contributed by atoms with van der Waals surface area (Å²) in [5, 5.41) is 6.43. The van der Waals surface area contributed by atoms with Crippen molar-refractivity contribution in [3.05, 3.63) is 35.4 Å². The van der Waals surface area contributed by atoms with E-state index in [2.05, 4.69) is 10.6 Å². The van der Waals surface area contributed by atoms with Crippen LogP contribution in [0, 0.1) is 6.92 Å². The lowest BCUT2D eigenvalue weighted by atomic mass is 9.96. The van der Waals surface area contributed by atoms with E-state index in [-0.39, 0.29) is 5.91 Å². The minimum Gasteiger partial charge on any atom is -0.360 e. The summed E-state index contributed by atoms with van der Waals surface area (Å²) in [7, 11) is 0. The molecule has 0 spiro atoms. The number of amides is 1. The second kappa shape index (κ2) is 6.66. The summed E-state index contributed by atoms with van der Waals surface area (Å²) in [5.74, 6) is -0.142. The van der Waals surface area contributed by atoms with Crippen molar-refractivity contribution in [2.75, 3.05) is 0 Å². The highest BCUT2D eigenvalue weighted by atomic mass is 32.1. The van der Waals surface area contributed by atoms with E-state index in [9.17, 15) is 4.79 Å². The molecule has 0 heterocycles. The van der Waals surface area contributed by atoms with Gasteiger partial charge in [0, 0.05) is 11.6 Å². The molecule has 0 radical (unpaired) electrons. The zero-order valence-corrected chi connectivity index (χ0v) is 12.1. The number of hydrogen-bond acceptors (Lipinski definition) is 2. The van der Waals surface area contributed by atoms with Crippen molar-refractivity contribution in [2.24, 2.45) is 0 Å². The summed E-state index contributed by atoms with van der Waals surface area (Å²) < 4.78 is 0. The van der Waals surface area contributed by atoms with Gasteiger partial charge in [0.05, 0.1) is 0 Å². The van der Waals surface area contributed by atoms with Crippen LogP contribution in [0.4, 0.5) is 0 Å². The molecule has 1 fully saturated rings. The van der Waals surface area contributed by atoms with E-state index in [4.69, 9.17) is 12.2 Å². The average Bonchev–Trinajstić information content (AvgIpc) is 2.39. The van der Waals surface area contributed by atoms with Crippen molar-refractivity contribution in [1.29, 1.82) is 0 Å². The summed E-state index contributed by atoms with van der Waals surface area (Å²) in [4.78, 5) is 12.0. The molecular weight excluding hydrogens is 256 g/mol. The molecule has 102 valence electrons. The van der Waals surface area contributed by atoms with Gasteiger partial charge in [0.15, 0.2) is 5.11 Å². The first-order chi connectivity index (χ1) is 9.15. The molecule has 2 rings (SSSR count). The second-order valence-corrected chi connectivity index (χ2v) is 5.54. The number of benzene rings is 1. The maximum atomic E-state index is 12.0. The molecule has 1 amide bonds. The maximum absolute atomic E-state index is 12.0. The Morgan fingerprint density at radius 1 is 1.26 bits per heavy atom. The van der Waals surface area contributed by atoms with Crippen LogP contribution < -0.4 is 10.6 Å². The molecule has 0 bridgehead atoms. The Balaban J connectivity index is 1.86. The smallest absolute Gasteiger partial charge is 0.257 e. The topological polar surface area (TPSA) is 41.1 Å². The van der Waals surface area contributed by atoms with E-state index in [1.54, 1.807) is 6.07 Å². The molecule has 0 aliphatic heterocycles. The molecule has 1 aliphatic carbocycles. The molecule has 1 aliphatic rings. The standard InChI is InChI=1S/C15H20N2OS/c1-11-6-5-7-12(10-11)14(18)17-15(19)16-13-8-3-2-4-9-13/h5-7,10,13H,2-4,8-9H2,1H3,(H2,16,17,18,19). The fraction of sp³-hybridized carbons (Fsp3) is 0.467. The minimum absolute atomic E-state index is 0.142. The zero-order chi connectivity index (χ0) is 13.7. The van der Waals surface area contributed by atoms with Crippen LogP contribution in [-0.4, -0.2) is 17.1 Å². The Bertz CT molecular complexity index is 467. The van der Waals surface area contributed by atoms with Gasteiger partial charge < -0.3 is 5.32 Å². The Morgan fingerprint density at radius 3 is 2.68 bits per heavy atom. The van der Waals surface area contributed by atoms with E-state index in [0.717, 1.165) is 18.4 Å². The average molecular weight is 276 g/mol. The predicted octanol–water partition coefficient (Wildman–Crippen LogP) is 2.93. The number of rotatable bonds is 2. The lowest BCUT2D eigenvalue weighted by molar-refractivity contribution is 0.0976. The van der Waals surface area contributed by atoms with E-state index < -0.39 is 0 Å². The molecule has 19 heavy (non-hydrogen) atoms. The monoisotopic (exact) mass is 276 g/mol. The molecule has 1 saturated carbocycles. The first-order valence-corrected chi connectivity index (χ1v) is 7.24. The molecule has 0 unspecified atom stereocenters. The van der Waals surface area contributed by atoms with Gasteiger partial charge in [0.2, 0.25) is 0 Å². The fourth-order valence-corrected chi connectivity index (χ4v) is 2.69. The van der Waals surface area contributed by atoms with E-state index in [1.165, 1.54) is 19.3 Å². The highest BCUT2D eigenvalue weighted by Gasteiger charge is 2.15. The van der Waals surface area contributed by atoms with Crippen LogP contribution in [0.3, 0.4) is 0 Å². The third kappa shape index (κ3) is 4.31. The first kappa shape index (κ1) is 14.0. The molecule has 2 N–H and O–H groups in total. The Morgan fingerprint density at radius 2 is 2.00 bits per heavy atom. The van der Waals surface area contributed by atoms with Gasteiger partial charge >= 0.3 is 0 Å². The number of carbonyl (C=O) groups is 1. The number of thiocarbonyl (C=S) groups is 1. The third-order valence-electron chi connectivity index (χ3n) is 3.45. The second-order valence-electron chi connectivity index (χ2n) is 5.13. The largest absolute Gasteiger partial charge is 0.360 e. The van der Waals surface area contributed by atoms with E-state index in [0.29, 0.717) is 16.7 Å². The Hall–Kier alpha value is -1.42. The maximum Gasteiger partial charge on any atom is 0.257 e. The van der Waals surface area contributed by atoms with Gasteiger partial charge in [0.25, 0.3) is 5.91 Å². The quantitative estimate of drug-likeness (QED) is 0.816. The highest BCUT2D eigenvalue weighted by Crippen LogP contribution is 2.17. The summed E-state index contributed by atoms with van der Waals surface area (Å²) in [6.07, 6.45) is 6.07. The predicted molar refractivity (Wildman–Crippen MR) is 81.3 cm³/mol. The number of aryl methyl sites for hydroxylation is 1. The Kier molecular flexibility index (Phi) is 4.91. The molecule has 3 nitrogen and oxygen atoms in total. The molecule has 0 aromatic heterocycles. The first-order valence-electron chi connectivity index (χ1n) is 6.83. The van der Waals surface area contributed by atoms with Crippen molar-refractivity contribution >= 4 is 23.2 Å². The van der Waals surface area contributed by atoms with Gasteiger partial charge in [0.1, 0.15) is 0 Å². The van der Waals surface area contributed by atoms with Gasteiger partial charge in [-0.2, -0.15) is 0 Å². The molecule has 1 aromatic rings. The van der Waals surface area contributed by atoms with Crippen molar-refractivity contribution in [2.45, 2.75) is 45.1 Å². The molecule has 4 heteroatoms. The van der Waals surface area contributed by atoms with E-state index in [1.807, 2.05) is 25.1 Å². The van der Waals surface area contributed by atoms with E-state index >= 15 is 0 Å². The lowest BCUT2D eigenvalue weighted by Crippen LogP contribution is -2.45. The van der Waals surface area contributed by atoms with Crippen LogP contribution >= 0.6 is 12.2 Å². The minimum atomic E-state index is -0.142. The van der Waals surface area contributed by atoms with Crippen molar-refractivity contribution in [1.82, 2.24) is 10.6 Å². The summed E-state index contributed by atoms with van der Waals surface area (Å²) in [5.41, 5.74) is 1.71. The molecule has 0 atom stereocenters. The number of nitrogens with one attached hydrogen (secondary N) is 2. The summed E-state index contributed by atoms with van der Waals surface area (Å²) in [6.45, 7) is 1.97. The van der Waals surface area contributed by atoms with Crippen LogP contribution in [0.5, 0.6) is 0 Å².